The first-order valence-electron chi connectivity index (χ1n) is 8.31. The molecule has 1 saturated carbocycles. The molecule has 1 heterocycles. The van der Waals surface area contributed by atoms with Gasteiger partial charge in [-0.05, 0) is 50.7 Å². The second-order valence-corrected chi connectivity index (χ2v) is 8.43. The van der Waals surface area contributed by atoms with E-state index in [-0.39, 0.29) is 5.91 Å². The van der Waals surface area contributed by atoms with Gasteiger partial charge in [0.15, 0.2) is 4.34 Å². The Morgan fingerprint density at radius 3 is 2.91 bits per heavy atom. The number of aromatic nitrogens is 1. The third kappa shape index (κ3) is 3.45. The van der Waals surface area contributed by atoms with E-state index in [1.54, 1.807) is 23.1 Å². The highest BCUT2D eigenvalue weighted by Crippen LogP contribution is 2.35. The number of thiazole rings is 1. The van der Waals surface area contributed by atoms with E-state index in [1.165, 1.54) is 23.2 Å². The van der Waals surface area contributed by atoms with Gasteiger partial charge in [0.25, 0.3) is 0 Å². The van der Waals surface area contributed by atoms with Gasteiger partial charge in [-0.3, -0.25) is 4.79 Å². The van der Waals surface area contributed by atoms with Gasteiger partial charge < -0.3 is 4.90 Å². The van der Waals surface area contributed by atoms with Gasteiger partial charge in [-0.1, -0.05) is 30.0 Å². The molecule has 1 fully saturated rings. The van der Waals surface area contributed by atoms with E-state index in [0.29, 0.717) is 11.8 Å². The van der Waals surface area contributed by atoms with Gasteiger partial charge in [0.2, 0.25) is 5.91 Å². The first kappa shape index (κ1) is 15.2. The fraction of sp³-hybridized carbons (Fsp3) is 0.444. The van der Waals surface area contributed by atoms with Crippen molar-refractivity contribution in [3.8, 4) is 0 Å². The molecule has 120 valence electrons. The second-order valence-electron chi connectivity index (χ2n) is 6.17. The van der Waals surface area contributed by atoms with Gasteiger partial charge in [-0.2, -0.15) is 0 Å². The molecule has 0 spiro atoms. The summed E-state index contributed by atoms with van der Waals surface area (Å²) >= 11 is 3.26. The average Bonchev–Trinajstić information content (AvgIpc) is 3.32. The van der Waals surface area contributed by atoms with E-state index in [2.05, 4.69) is 22.0 Å². The van der Waals surface area contributed by atoms with Crippen LogP contribution in [0.5, 0.6) is 0 Å². The Kier molecular flexibility index (Phi) is 4.40. The molecular weight excluding hydrogens is 324 g/mol. The minimum atomic E-state index is 0.255. The Balaban J connectivity index is 1.44. The van der Waals surface area contributed by atoms with Crippen molar-refractivity contribution in [3.05, 3.63) is 36.0 Å². The molecule has 23 heavy (non-hydrogen) atoms. The van der Waals surface area contributed by atoms with Crippen molar-refractivity contribution in [2.75, 3.05) is 5.75 Å². The van der Waals surface area contributed by atoms with Gasteiger partial charge in [0.05, 0.1) is 16.0 Å². The third-order valence-corrected chi connectivity index (χ3v) is 6.51. The number of carbonyl (C=O) groups is 1. The van der Waals surface area contributed by atoms with Crippen LogP contribution in [0.4, 0.5) is 0 Å². The molecule has 0 N–H and O–H groups in total. The molecule has 1 aromatic carbocycles. The van der Waals surface area contributed by atoms with Crippen molar-refractivity contribution >= 4 is 39.2 Å². The summed E-state index contributed by atoms with van der Waals surface area (Å²) in [6, 6.07) is 8.61. The lowest BCUT2D eigenvalue weighted by atomic mass is 10.0. The fourth-order valence-electron chi connectivity index (χ4n) is 3.08. The zero-order valence-corrected chi connectivity index (χ0v) is 14.7. The summed E-state index contributed by atoms with van der Waals surface area (Å²) in [5.74, 6) is 0.748. The minimum Gasteiger partial charge on any atom is -0.313 e. The molecule has 0 atom stereocenters. The van der Waals surface area contributed by atoms with Crippen LogP contribution in [0, 0.1) is 0 Å². The van der Waals surface area contributed by atoms with Crippen LogP contribution in [0.2, 0.25) is 0 Å². The van der Waals surface area contributed by atoms with Gasteiger partial charge in [-0.15, -0.1) is 11.3 Å². The van der Waals surface area contributed by atoms with Crippen molar-refractivity contribution in [1.29, 1.82) is 0 Å². The number of rotatable bonds is 5. The van der Waals surface area contributed by atoms with E-state index in [4.69, 9.17) is 0 Å². The van der Waals surface area contributed by atoms with Crippen LogP contribution in [0.3, 0.4) is 0 Å². The van der Waals surface area contributed by atoms with E-state index in [0.717, 1.165) is 35.5 Å². The molecule has 1 aromatic heterocycles. The zero-order valence-electron chi connectivity index (χ0n) is 13.0. The highest BCUT2D eigenvalue weighted by atomic mass is 32.2. The highest BCUT2D eigenvalue weighted by molar-refractivity contribution is 8.01. The molecule has 2 aliphatic rings. The average molecular weight is 345 g/mol. The van der Waals surface area contributed by atoms with E-state index < -0.39 is 0 Å². The van der Waals surface area contributed by atoms with Crippen LogP contribution in [0.25, 0.3) is 10.2 Å². The van der Waals surface area contributed by atoms with Crippen LogP contribution in [-0.2, 0) is 4.79 Å². The lowest BCUT2D eigenvalue weighted by Crippen LogP contribution is -2.34. The summed E-state index contributed by atoms with van der Waals surface area (Å²) in [6.45, 7) is 0. The number of allylic oxidation sites excluding steroid dienone is 2. The van der Waals surface area contributed by atoms with Crippen molar-refractivity contribution in [1.82, 2.24) is 9.88 Å². The van der Waals surface area contributed by atoms with Gasteiger partial charge in [0, 0.05) is 11.7 Å². The molecule has 1 amide bonds. The number of carbonyl (C=O) groups excluding carboxylic acids is 1. The molecule has 0 unspecified atom stereocenters. The molecule has 3 nitrogen and oxygen atoms in total. The van der Waals surface area contributed by atoms with Crippen molar-refractivity contribution in [2.45, 2.75) is 48.9 Å². The summed E-state index contributed by atoms with van der Waals surface area (Å²) in [7, 11) is 0. The van der Waals surface area contributed by atoms with Crippen LogP contribution >= 0.6 is 23.1 Å². The van der Waals surface area contributed by atoms with Gasteiger partial charge in [-0.25, -0.2) is 4.98 Å². The zero-order chi connectivity index (χ0) is 15.6. The van der Waals surface area contributed by atoms with Gasteiger partial charge >= 0.3 is 0 Å². The number of para-hydroxylation sites is 1. The lowest BCUT2D eigenvalue weighted by Gasteiger charge is -2.27. The molecule has 5 heteroatoms. The molecule has 0 bridgehead atoms. The first-order chi connectivity index (χ1) is 11.3. The van der Waals surface area contributed by atoms with Crippen molar-refractivity contribution in [3.63, 3.8) is 0 Å². The molecular formula is C18H20N2OS2. The number of hydrogen-bond donors (Lipinski definition) is 0. The Bertz CT molecular complexity index is 715. The molecule has 0 radical (unpaired) electrons. The predicted molar refractivity (Wildman–Crippen MR) is 96.8 cm³/mol. The standard InChI is InChI=1S/C18H20N2OS2/c21-17(20(14-10-11-14)13-6-2-1-3-7-13)12-22-18-19-15-8-4-5-9-16(15)23-18/h4-6,8-9,14H,1-3,7,10-12H2. The van der Waals surface area contributed by atoms with Crippen LogP contribution in [-0.4, -0.2) is 27.6 Å². The third-order valence-electron chi connectivity index (χ3n) is 4.35. The Hall–Kier alpha value is -1.33. The summed E-state index contributed by atoms with van der Waals surface area (Å²) in [6.07, 6.45) is 9.26. The monoisotopic (exact) mass is 344 g/mol. The largest absolute Gasteiger partial charge is 0.313 e. The van der Waals surface area contributed by atoms with E-state index >= 15 is 0 Å². The number of hydrogen-bond acceptors (Lipinski definition) is 4. The number of nitrogens with zero attached hydrogens (tertiary/aromatic N) is 2. The Labute approximate surface area is 144 Å². The maximum Gasteiger partial charge on any atom is 0.237 e. The highest BCUT2D eigenvalue weighted by Gasteiger charge is 2.34. The molecule has 0 aliphatic heterocycles. The van der Waals surface area contributed by atoms with E-state index in [9.17, 15) is 4.79 Å². The topological polar surface area (TPSA) is 33.2 Å². The SMILES string of the molecule is O=C(CSc1nc2ccccc2s1)N(C1=CCCCC1)C1CC1. The number of thioether (sulfide) groups is 1. The van der Waals surface area contributed by atoms with Crippen LogP contribution < -0.4 is 0 Å². The molecule has 2 aromatic rings. The number of amides is 1. The molecule has 2 aliphatic carbocycles. The quantitative estimate of drug-likeness (QED) is 0.728. The Morgan fingerprint density at radius 1 is 1.30 bits per heavy atom. The number of benzene rings is 1. The smallest absolute Gasteiger partial charge is 0.237 e. The Morgan fingerprint density at radius 2 is 2.17 bits per heavy atom. The summed E-state index contributed by atoms with van der Waals surface area (Å²) in [4.78, 5) is 19.5. The first-order valence-corrected chi connectivity index (χ1v) is 10.1. The molecule has 0 saturated heterocycles. The maximum atomic E-state index is 12.8. The normalized spacial score (nSPS) is 18.0. The summed E-state index contributed by atoms with van der Waals surface area (Å²) in [5.41, 5.74) is 2.30. The fourth-order valence-corrected chi connectivity index (χ4v) is 5.00. The number of fused-ring (bicyclic) bond motifs is 1. The van der Waals surface area contributed by atoms with Gasteiger partial charge in [0.1, 0.15) is 0 Å². The van der Waals surface area contributed by atoms with E-state index in [1.807, 2.05) is 18.2 Å². The van der Waals surface area contributed by atoms with Crippen LogP contribution in [0.15, 0.2) is 40.4 Å². The summed E-state index contributed by atoms with van der Waals surface area (Å²) in [5, 5.41) is 0. The van der Waals surface area contributed by atoms with Crippen molar-refractivity contribution < 1.29 is 4.79 Å². The lowest BCUT2D eigenvalue weighted by molar-refractivity contribution is -0.127. The predicted octanol–water partition coefficient (Wildman–Crippen LogP) is 4.84. The van der Waals surface area contributed by atoms with Crippen LogP contribution in [0.1, 0.15) is 38.5 Å². The molecule has 4 rings (SSSR count). The summed E-state index contributed by atoms with van der Waals surface area (Å²) < 4.78 is 2.18. The second kappa shape index (κ2) is 6.65. The maximum absolute atomic E-state index is 12.8. The minimum absolute atomic E-state index is 0.255. The van der Waals surface area contributed by atoms with Crippen molar-refractivity contribution in [2.24, 2.45) is 0 Å².